The van der Waals surface area contributed by atoms with Crippen molar-refractivity contribution in [2.45, 2.75) is 71.8 Å². The van der Waals surface area contributed by atoms with Crippen LogP contribution in [-0.2, 0) is 19.7 Å². The Morgan fingerprint density at radius 1 is 0.708 bits per heavy atom. The second kappa shape index (κ2) is 13.6. The molecule has 4 heteroatoms. The minimum absolute atomic E-state index is 0.746. The molecule has 0 heterocycles. The van der Waals surface area contributed by atoms with Crippen LogP contribution in [-0.4, -0.2) is 28.6 Å². The largest absolute Gasteiger partial charge is 0.501 e. The molecule has 24 heavy (non-hydrogen) atoms. The van der Waals surface area contributed by atoms with Gasteiger partial charge in [-0.1, -0.05) is 70.4 Å². The van der Waals surface area contributed by atoms with E-state index in [0.717, 1.165) is 70.8 Å². The highest BCUT2D eigenvalue weighted by Crippen LogP contribution is 2.21. The van der Waals surface area contributed by atoms with Gasteiger partial charge in [0.25, 0.3) is 0 Å². The first kappa shape index (κ1) is 21.4. The van der Waals surface area contributed by atoms with E-state index < -0.39 is 8.80 Å². The molecule has 0 saturated carbocycles. The van der Waals surface area contributed by atoms with E-state index in [0.29, 0.717) is 0 Å². The molecule has 0 N–H and O–H groups in total. The number of hydrogen-bond donors (Lipinski definition) is 0. The average Bonchev–Trinajstić information content (AvgIpc) is 2.61. The molecular weight excluding hydrogens is 316 g/mol. The second-order valence-corrected chi connectivity index (χ2v) is 9.01. The fourth-order valence-electron chi connectivity index (χ4n) is 2.40. The van der Waals surface area contributed by atoms with Crippen LogP contribution in [0.1, 0.15) is 64.9 Å². The van der Waals surface area contributed by atoms with Crippen LogP contribution < -0.4 is 0 Å². The summed E-state index contributed by atoms with van der Waals surface area (Å²) in [5, 5.41) is 0. The highest BCUT2D eigenvalue weighted by atomic mass is 28.4. The molecule has 0 aromatic heterocycles. The van der Waals surface area contributed by atoms with Crippen LogP contribution in [0, 0.1) is 0 Å². The van der Waals surface area contributed by atoms with Crippen molar-refractivity contribution in [3.63, 3.8) is 0 Å². The summed E-state index contributed by atoms with van der Waals surface area (Å²) in [7, 11) is -2.59. The van der Waals surface area contributed by atoms with Crippen LogP contribution in [0.2, 0.25) is 6.04 Å². The van der Waals surface area contributed by atoms with Gasteiger partial charge in [-0.05, 0) is 31.2 Å². The molecule has 0 aliphatic rings. The smallest absolute Gasteiger partial charge is 0.373 e. The molecule has 0 radical (unpaired) electrons. The first-order chi connectivity index (χ1) is 11.8. The zero-order valence-electron chi connectivity index (χ0n) is 15.9. The van der Waals surface area contributed by atoms with Crippen LogP contribution in [0.3, 0.4) is 0 Å². The van der Waals surface area contributed by atoms with Crippen LogP contribution in [0.15, 0.2) is 30.3 Å². The van der Waals surface area contributed by atoms with E-state index in [1.54, 1.807) is 0 Å². The summed E-state index contributed by atoms with van der Waals surface area (Å²) in [6, 6.07) is 11.4. The molecule has 0 unspecified atom stereocenters. The van der Waals surface area contributed by atoms with Crippen molar-refractivity contribution in [2.75, 3.05) is 19.8 Å². The first-order valence-corrected chi connectivity index (χ1v) is 11.6. The van der Waals surface area contributed by atoms with Gasteiger partial charge in [-0.2, -0.15) is 0 Å². The Morgan fingerprint density at radius 3 is 1.58 bits per heavy atom. The molecule has 0 spiro atoms. The number of unbranched alkanes of at least 4 members (excludes halogenated alkanes) is 3. The SMILES string of the molecule is CCCCO[Si](CCc1ccccc1)(OCCCC)OCCCC. The summed E-state index contributed by atoms with van der Waals surface area (Å²) in [6.07, 6.45) is 7.54. The van der Waals surface area contributed by atoms with Crippen molar-refractivity contribution in [3.05, 3.63) is 35.9 Å². The predicted octanol–water partition coefficient (Wildman–Crippen LogP) is 5.62. The zero-order valence-corrected chi connectivity index (χ0v) is 16.9. The lowest BCUT2D eigenvalue weighted by atomic mass is 10.2. The van der Waals surface area contributed by atoms with Gasteiger partial charge in [-0.25, -0.2) is 0 Å². The molecule has 0 aliphatic carbocycles. The van der Waals surface area contributed by atoms with Gasteiger partial charge in [-0.15, -0.1) is 0 Å². The molecule has 0 fully saturated rings. The Morgan fingerprint density at radius 2 is 1.17 bits per heavy atom. The van der Waals surface area contributed by atoms with Crippen LogP contribution >= 0.6 is 0 Å². The van der Waals surface area contributed by atoms with E-state index in [1.165, 1.54) is 5.56 Å². The summed E-state index contributed by atoms with van der Waals surface area (Å²) < 4.78 is 18.8. The maximum absolute atomic E-state index is 6.28. The average molecular weight is 353 g/mol. The summed E-state index contributed by atoms with van der Waals surface area (Å²) in [6.45, 7) is 8.80. The van der Waals surface area contributed by atoms with Gasteiger partial charge in [0.2, 0.25) is 0 Å². The molecule has 1 aromatic carbocycles. The number of aryl methyl sites for hydroxylation is 1. The van der Waals surface area contributed by atoms with Crippen molar-refractivity contribution >= 4 is 8.80 Å². The van der Waals surface area contributed by atoms with Gasteiger partial charge in [0.15, 0.2) is 0 Å². The molecule has 3 nitrogen and oxygen atoms in total. The predicted molar refractivity (Wildman–Crippen MR) is 103 cm³/mol. The lowest BCUT2D eigenvalue weighted by molar-refractivity contribution is 0.0564. The van der Waals surface area contributed by atoms with E-state index in [4.69, 9.17) is 13.3 Å². The Hall–Kier alpha value is -0.683. The minimum Gasteiger partial charge on any atom is -0.373 e. The number of benzene rings is 1. The number of hydrogen-bond acceptors (Lipinski definition) is 3. The zero-order chi connectivity index (χ0) is 17.5. The van der Waals surface area contributed by atoms with Crippen molar-refractivity contribution in [2.24, 2.45) is 0 Å². The summed E-state index contributed by atoms with van der Waals surface area (Å²) in [5.74, 6) is 0. The molecule has 1 aromatic rings. The molecule has 0 aliphatic heterocycles. The lowest BCUT2D eigenvalue weighted by Gasteiger charge is -2.30. The normalized spacial score (nSPS) is 11.8. The second-order valence-electron chi connectivity index (χ2n) is 6.27. The van der Waals surface area contributed by atoms with Crippen molar-refractivity contribution in [3.8, 4) is 0 Å². The molecular formula is C20H36O3Si. The van der Waals surface area contributed by atoms with Crippen molar-refractivity contribution in [1.29, 1.82) is 0 Å². The monoisotopic (exact) mass is 352 g/mol. The van der Waals surface area contributed by atoms with Gasteiger partial charge in [0.1, 0.15) is 0 Å². The van der Waals surface area contributed by atoms with E-state index in [2.05, 4.69) is 51.1 Å². The van der Waals surface area contributed by atoms with Crippen LogP contribution in [0.5, 0.6) is 0 Å². The third-order valence-corrected chi connectivity index (χ3v) is 6.82. The van der Waals surface area contributed by atoms with Gasteiger partial charge >= 0.3 is 8.80 Å². The summed E-state index contributed by atoms with van der Waals surface area (Å²) in [5.41, 5.74) is 1.33. The van der Waals surface area contributed by atoms with Crippen LogP contribution in [0.25, 0.3) is 0 Å². The van der Waals surface area contributed by atoms with Crippen molar-refractivity contribution in [1.82, 2.24) is 0 Å². The molecule has 138 valence electrons. The van der Waals surface area contributed by atoms with Gasteiger partial charge in [0.05, 0.1) is 0 Å². The maximum atomic E-state index is 6.28. The third-order valence-electron chi connectivity index (χ3n) is 4.02. The number of rotatable bonds is 15. The van der Waals surface area contributed by atoms with Crippen molar-refractivity contribution < 1.29 is 13.3 Å². The minimum atomic E-state index is -2.59. The Kier molecular flexibility index (Phi) is 12.1. The first-order valence-electron chi connectivity index (χ1n) is 9.72. The van der Waals surface area contributed by atoms with E-state index in [9.17, 15) is 0 Å². The maximum Gasteiger partial charge on any atom is 0.501 e. The molecule has 0 atom stereocenters. The lowest BCUT2D eigenvalue weighted by Crippen LogP contribution is -2.47. The highest BCUT2D eigenvalue weighted by Gasteiger charge is 2.40. The Bertz CT molecular complexity index is 371. The fourth-order valence-corrected chi connectivity index (χ4v) is 5.04. The van der Waals surface area contributed by atoms with E-state index >= 15 is 0 Å². The van der Waals surface area contributed by atoms with E-state index in [-0.39, 0.29) is 0 Å². The standard InChI is InChI=1S/C20H36O3Si/c1-4-7-16-21-24(22-17-8-5-2,23-18-9-6-3)19-15-20-13-11-10-12-14-20/h10-14H,4-9,15-19H2,1-3H3. The third kappa shape index (κ3) is 8.97. The summed E-state index contributed by atoms with van der Waals surface area (Å²) >= 11 is 0. The topological polar surface area (TPSA) is 27.7 Å². The molecule has 0 bridgehead atoms. The molecule has 0 saturated heterocycles. The summed E-state index contributed by atoms with van der Waals surface area (Å²) in [4.78, 5) is 0. The van der Waals surface area contributed by atoms with Crippen LogP contribution in [0.4, 0.5) is 0 Å². The van der Waals surface area contributed by atoms with E-state index in [1.807, 2.05) is 0 Å². The van der Waals surface area contributed by atoms with Gasteiger partial charge < -0.3 is 13.3 Å². The fraction of sp³-hybridized carbons (Fsp3) is 0.700. The molecule has 0 amide bonds. The molecule has 1 rings (SSSR count). The highest BCUT2D eigenvalue weighted by molar-refractivity contribution is 6.60. The van der Waals surface area contributed by atoms with Gasteiger partial charge in [-0.3, -0.25) is 0 Å². The quantitative estimate of drug-likeness (QED) is 0.303. The Balaban J connectivity index is 2.71. The Labute approximate surface area is 150 Å². The van der Waals surface area contributed by atoms with Gasteiger partial charge in [0, 0.05) is 25.9 Å².